The smallest absolute Gasteiger partial charge is 0.258 e. The molecule has 3 N–H and O–H groups in total. The number of nitrogens with one attached hydrogen (secondary N) is 1. The van der Waals surface area contributed by atoms with Crippen molar-refractivity contribution < 1.29 is 19.7 Å². The number of carbonyl (C=O) groups excluding carboxylic acids is 1. The second-order valence-corrected chi connectivity index (χ2v) is 6.80. The van der Waals surface area contributed by atoms with E-state index in [1.54, 1.807) is 49.6 Å². The molecule has 4 rings (SSSR count). The van der Waals surface area contributed by atoms with Crippen LogP contribution < -0.4 is 10.1 Å². The lowest BCUT2D eigenvalue weighted by Crippen LogP contribution is -2.23. The van der Waals surface area contributed by atoms with Crippen LogP contribution in [0.25, 0.3) is 22.6 Å². The Morgan fingerprint density at radius 1 is 1.09 bits per heavy atom. The summed E-state index contributed by atoms with van der Waals surface area (Å²) in [5.41, 5.74) is 2.83. The third-order valence-corrected chi connectivity index (χ3v) is 4.71. The fraction of sp³-hybridized carbons (Fsp3) is 0.0870. The molecule has 0 aliphatic carbocycles. The van der Waals surface area contributed by atoms with E-state index in [0.29, 0.717) is 11.4 Å². The number of carbonyl (C=O) groups is 1. The topological polar surface area (TPSA) is 130 Å². The molecule has 1 amide bonds. The van der Waals surface area contributed by atoms with Gasteiger partial charge in [0.15, 0.2) is 5.82 Å². The maximum atomic E-state index is 12.6. The number of phenolic OH excluding ortho intramolecular Hbond substituents is 1. The number of ether oxygens (including phenoxy) is 1. The predicted octanol–water partition coefficient (Wildman–Crippen LogP) is 2.95. The second kappa shape index (κ2) is 9.09. The van der Waals surface area contributed by atoms with Gasteiger partial charge in [-0.15, -0.1) is 5.10 Å². The number of methoxy groups -OCH3 is 1. The molecule has 2 heterocycles. The van der Waals surface area contributed by atoms with Crippen LogP contribution in [0.1, 0.15) is 15.9 Å². The average Bonchev–Trinajstić information content (AvgIpc) is 2.83. The zero-order valence-corrected chi connectivity index (χ0v) is 17.1. The van der Waals surface area contributed by atoms with Crippen LogP contribution in [-0.4, -0.2) is 43.4 Å². The van der Waals surface area contributed by atoms with Crippen molar-refractivity contribution in [3.05, 3.63) is 78.1 Å². The molecule has 2 aromatic heterocycles. The lowest BCUT2D eigenvalue weighted by atomic mass is 10.0. The van der Waals surface area contributed by atoms with Gasteiger partial charge in [0.2, 0.25) is 5.88 Å². The van der Waals surface area contributed by atoms with Crippen molar-refractivity contribution in [2.45, 2.75) is 6.54 Å². The standard InChI is InChI=1S/C23H19N5O4/c1-32-20-9-4-14(11-17(20)15-5-7-16(29)8-6-15)12-25-22(30)18-13-24-21(27-23(18)31)19-3-2-10-26-28-19/h2-11,13,29H,12H2,1H3,(H,25,30)(H,24,27,31). The molecule has 0 aliphatic rings. The third kappa shape index (κ3) is 4.46. The number of rotatable bonds is 6. The number of amides is 1. The summed E-state index contributed by atoms with van der Waals surface area (Å²) < 4.78 is 5.43. The number of benzene rings is 2. The van der Waals surface area contributed by atoms with E-state index in [1.807, 2.05) is 12.1 Å². The molecule has 160 valence electrons. The summed E-state index contributed by atoms with van der Waals surface area (Å²) in [7, 11) is 1.58. The van der Waals surface area contributed by atoms with Crippen LogP contribution >= 0.6 is 0 Å². The van der Waals surface area contributed by atoms with Gasteiger partial charge in [-0.25, -0.2) is 4.98 Å². The van der Waals surface area contributed by atoms with E-state index in [4.69, 9.17) is 4.74 Å². The number of nitrogens with zero attached hydrogens (tertiary/aromatic N) is 4. The van der Waals surface area contributed by atoms with Gasteiger partial charge in [-0.1, -0.05) is 18.2 Å². The van der Waals surface area contributed by atoms with Crippen LogP contribution in [0.2, 0.25) is 0 Å². The van der Waals surface area contributed by atoms with E-state index < -0.39 is 11.8 Å². The van der Waals surface area contributed by atoms with Crippen molar-refractivity contribution in [3.8, 4) is 40.0 Å². The highest BCUT2D eigenvalue weighted by atomic mass is 16.5. The highest BCUT2D eigenvalue weighted by molar-refractivity contribution is 5.96. The summed E-state index contributed by atoms with van der Waals surface area (Å²) in [6, 6.07) is 15.6. The van der Waals surface area contributed by atoms with E-state index >= 15 is 0 Å². The van der Waals surface area contributed by atoms with Crippen LogP contribution in [0, 0.1) is 0 Å². The van der Waals surface area contributed by atoms with Gasteiger partial charge in [0.1, 0.15) is 22.8 Å². The normalized spacial score (nSPS) is 10.5. The van der Waals surface area contributed by atoms with Crippen LogP contribution in [-0.2, 0) is 6.54 Å². The molecule has 9 heteroatoms. The van der Waals surface area contributed by atoms with Crippen molar-refractivity contribution in [2.24, 2.45) is 0 Å². The molecule has 0 aliphatic heterocycles. The molecule has 0 radical (unpaired) electrons. The lowest BCUT2D eigenvalue weighted by molar-refractivity contribution is 0.0947. The van der Waals surface area contributed by atoms with E-state index in [0.717, 1.165) is 16.7 Å². The van der Waals surface area contributed by atoms with Crippen molar-refractivity contribution in [3.63, 3.8) is 0 Å². The summed E-state index contributed by atoms with van der Waals surface area (Å²) in [5, 5.41) is 30.1. The monoisotopic (exact) mass is 429 g/mol. The molecule has 0 spiro atoms. The number of hydrogen-bond acceptors (Lipinski definition) is 8. The minimum absolute atomic E-state index is 0.0510. The summed E-state index contributed by atoms with van der Waals surface area (Å²) >= 11 is 0. The maximum absolute atomic E-state index is 12.6. The predicted molar refractivity (Wildman–Crippen MR) is 116 cm³/mol. The molecule has 9 nitrogen and oxygen atoms in total. The third-order valence-electron chi connectivity index (χ3n) is 4.71. The molecule has 0 atom stereocenters. The Labute approximate surface area is 183 Å². The molecule has 32 heavy (non-hydrogen) atoms. The fourth-order valence-corrected chi connectivity index (χ4v) is 3.09. The van der Waals surface area contributed by atoms with Gasteiger partial charge in [-0.05, 0) is 47.5 Å². The quantitative estimate of drug-likeness (QED) is 0.426. The highest BCUT2D eigenvalue weighted by Crippen LogP contribution is 2.32. The number of aromatic hydroxyl groups is 2. The van der Waals surface area contributed by atoms with Crippen LogP contribution in [0.3, 0.4) is 0 Å². The largest absolute Gasteiger partial charge is 0.508 e. The van der Waals surface area contributed by atoms with E-state index in [-0.39, 0.29) is 23.7 Å². The summed E-state index contributed by atoms with van der Waals surface area (Å²) in [6.07, 6.45) is 2.76. The Kier molecular flexibility index (Phi) is 5.89. The zero-order valence-electron chi connectivity index (χ0n) is 17.1. The second-order valence-electron chi connectivity index (χ2n) is 6.80. The van der Waals surface area contributed by atoms with Crippen LogP contribution in [0.4, 0.5) is 0 Å². The van der Waals surface area contributed by atoms with E-state index in [2.05, 4.69) is 25.5 Å². The minimum Gasteiger partial charge on any atom is -0.508 e. The molecule has 0 unspecified atom stereocenters. The summed E-state index contributed by atoms with van der Waals surface area (Å²) in [6.45, 7) is 0.208. The average molecular weight is 429 g/mol. The SMILES string of the molecule is COc1ccc(CNC(=O)c2cnc(-c3cccnn3)nc2O)cc1-c1ccc(O)cc1. The molecule has 2 aromatic carbocycles. The van der Waals surface area contributed by atoms with Gasteiger partial charge in [0, 0.05) is 24.5 Å². The lowest BCUT2D eigenvalue weighted by Gasteiger charge is -2.12. The van der Waals surface area contributed by atoms with E-state index in [9.17, 15) is 15.0 Å². The van der Waals surface area contributed by atoms with Crippen molar-refractivity contribution in [2.75, 3.05) is 7.11 Å². The molecular formula is C23H19N5O4. The molecular weight excluding hydrogens is 410 g/mol. The molecule has 0 saturated carbocycles. The number of phenols is 1. The van der Waals surface area contributed by atoms with Gasteiger partial charge < -0.3 is 20.3 Å². The summed E-state index contributed by atoms with van der Waals surface area (Å²) in [4.78, 5) is 20.6. The Morgan fingerprint density at radius 2 is 1.91 bits per heavy atom. The number of aromatic nitrogens is 4. The Hall–Kier alpha value is -4.53. The van der Waals surface area contributed by atoms with Gasteiger partial charge in [-0.2, -0.15) is 10.1 Å². The molecule has 4 aromatic rings. The minimum atomic E-state index is -0.518. The van der Waals surface area contributed by atoms with Gasteiger partial charge in [0.05, 0.1) is 7.11 Å². The van der Waals surface area contributed by atoms with Gasteiger partial charge >= 0.3 is 0 Å². The Balaban J connectivity index is 1.50. The van der Waals surface area contributed by atoms with Crippen molar-refractivity contribution in [1.29, 1.82) is 0 Å². The first-order valence-electron chi connectivity index (χ1n) is 9.64. The first-order valence-corrected chi connectivity index (χ1v) is 9.64. The van der Waals surface area contributed by atoms with Crippen molar-refractivity contribution in [1.82, 2.24) is 25.5 Å². The fourth-order valence-electron chi connectivity index (χ4n) is 3.09. The Morgan fingerprint density at radius 3 is 2.59 bits per heavy atom. The summed E-state index contributed by atoms with van der Waals surface area (Å²) in [5.74, 6) is 0.0357. The Bertz CT molecular complexity index is 1250. The van der Waals surface area contributed by atoms with Gasteiger partial charge in [0.25, 0.3) is 5.91 Å². The van der Waals surface area contributed by atoms with E-state index in [1.165, 1.54) is 12.4 Å². The van der Waals surface area contributed by atoms with Crippen LogP contribution in [0.5, 0.6) is 17.4 Å². The number of hydrogen-bond donors (Lipinski definition) is 3. The molecule has 0 bridgehead atoms. The molecule has 0 fully saturated rings. The highest BCUT2D eigenvalue weighted by Gasteiger charge is 2.16. The molecule has 0 saturated heterocycles. The van der Waals surface area contributed by atoms with Gasteiger partial charge in [-0.3, -0.25) is 4.79 Å². The van der Waals surface area contributed by atoms with Crippen LogP contribution in [0.15, 0.2) is 67.0 Å². The van der Waals surface area contributed by atoms with Crippen molar-refractivity contribution >= 4 is 5.91 Å². The maximum Gasteiger partial charge on any atom is 0.258 e. The zero-order chi connectivity index (χ0) is 22.5. The first-order chi connectivity index (χ1) is 15.5. The first kappa shape index (κ1) is 20.7.